The highest BCUT2D eigenvalue weighted by Crippen LogP contribution is 2.23. The van der Waals surface area contributed by atoms with E-state index in [-0.39, 0.29) is 24.5 Å². The number of carboxylic acids is 1. The molecular formula is C12H14FNO5S. The highest BCUT2D eigenvalue weighted by Gasteiger charge is 2.46. The summed E-state index contributed by atoms with van der Waals surface area (Å²) in [5.74, 6) is -1.98. The second kappa shape index (κ2) is 5.12. The Labute approximate surface area is 115 Å². The zero-order chi connectivity index (χ0) is 15.0. The van der Waals surface area contributed by atoms with Crippen molar-refractivity contribution in [1.82, 2.24) is 4.72 Å². The summed E-state index contributed by atoms with van der Waals surface area (Å²) in [4.78, 5) is 11.0. The molecule has 1 saturated heterocycles. The third-order valence-electron chi connectivity index (χ3n) is 3.21. The fourth-order valence-electron chi connectivity index (χ4n) is 1.91. The smallest absolute Gasteiger partial charge is 0.327 e. The van der Waals surface area contributed by atoms with Crippen LogP contribution >= 0.6 is 0 Å². The molecule has 1 aromatic carbocycles. The Morgan fingerprint density at radius 2 is 2.20 bits per heavy atom. The lowest BCUT2D eigenvalue weighted by atomic mass is 10.0. The number of carboxylic acid groups (broad SMARTS) is 1. The Hall–Kier alpha value is -1.51. The van der Waals surface area contributed by atoms with Crippen LogP contribution in [0.1, 0.15) is 12.0 Å². The van der Waals surface area contributed by atoms with Gasteiger partial charge < -0.3 is 9.84 Å². The first-order chi connectivity index (χ1) is 9.27. The van der Waals surface area contributed by atoms with Crippen molar-refractivity contribution in [3.05, 3.63) is 29.6 Å². The highest BCUT2D eigenvalue weighted by atomic mass is 32.2. The van der Waals surface area contributed by atoms with E-state index >= 15 is 0 Å². The summed E-state index contributed by atoms with van der Waals surface area (Å²) in [5.41, 5.74) is -1.39. The maximum Gasteiger partial charge on any atom is 0.327 e. The van der Waals surface area contributed by atoms with Gasteiger partial charge in [0.15, 0.2) is 5.54 Å². The van der Waals surface area contributed by atoms with Crippen LogP contribution in [0.2, 0.25) is 0 Å². The molecule has 1 fully saturated rings. The van der Waals surface area contributed by atoms with Gasteiger partial charge in [-0.05, 0) is 24.6 Å². The number of carbonyl (C=O) groups is 1. The van der Waals surface area contributed by atoms with Gasteiger partial charge in [-0.15, -0.1) is 0 Å². The minimum atomic E-state index is -4.14. The van der Waals surface area contributed by atoms with Gasteiger partial charge in [-0.3, -0.25) is 4.79 Å². The van der Waals surface area contributed by atoms with Crippen molar-refractivity contribution >= 4 is 16.0 Å². The number of ether oxygens (including phenoxy) is 1. The van der Waals surface area contributed by atoms with Crippen molar-refractivity contribution in [2.24, 2.45) is 0 Å². The monoisotopic (exact) mass is 303 g/mol. The SMILES string of the molecule is Cc1ccc(S(=O)(=O)NC2(C(=O)O)CCOC2)cc1F. The van der Waals surface area contributed by atoms with Crippen LogP contribution in [0.4, 0.5) is 4.39 Å². The maximum absolute atomic E-state index is 13.4. The minimum absolute atomic E-state index is 0.0237. The Morgan fingerprint density at radius 1 is 1.50 bits per heavy atom. The lowest BCUT2D eigenvalue weighted by Crippen LogP contribution is -2.55. The lowest BCUT2D eigenvalue weighted by Gasteiger charge is -2.23. The van der Waals surface area contributed by atoms with Crippen LogP contribution in [-0.2, 0) is 19.6 Å². The third kappa shape index (κ3) is 2.67. The molecule has 6 nitrogen and oxygen atoms in total. The maximum atomic E-state index is 13.4. The molecule has 0 bridgehead atoms. The molecule has 1 aliphatic heterocycles. The first-order valence-corrected chi connectivity index (χ1v) is 7.36. The summed E-state index contributed by atoms with van der Waals surface area (Å²) in [7, 11) is -4.14. The van der Waals surface area contributed by atoms with Gasteiger partial charge in [0, 0.05) is 13.0 Å². The summed E-state index contributed by atoms with van der Waals surface area (Å²) < 4.78 is 44.8. The van der Waals surface area contributed by atoms with Gasteiger partial charge in [0.05, 0.1) is 11.5 Å². The van der Waals surface area contributed by atoms with Gasteiger partial charge >= 0.3 is 5.97 Å². The minimum Gasteiger partial charge on any atom is -0.480 e. The topological polar surface area (TPSA) is 92.7 Å². The molecule has 8 heteroatoms. The fraction of sp³-hybridized carbons (Fsp3) is 0.417. The van der Waals surface area contributed by atoms with E-state index in [0.29, 0.717) is 5.56 Å². The van der Waals surface area contributed by atoms with Crippen molar-refractivity contribution in [1.29, 1.82) is 0 Å². The number of hydrogen-bond donors (Lipinski definition) is 2. The molecule has 1 aromatic rings. The van der Waals surface area contributed by atoms with Crippen molar-refractivity contribution in [2.45, 2.75) is 23.8 Å². The predicted molar refractivity (Wildman–Crippen MR) is 67.3 cm³/mol. The Bertz CT molecular complexity index is 637. The summed E-state index contributed by atoms with van der Waals surface area (Å²) >= 11 is 0. The molecule has 0 aromatic heterocycles. The van der Waals surface area contributed by atoms with E-state index in [9.17, 15) is 22.7 Å². The number of nitrogens with one attached hydrogen (secondary N) is 1. The van der Waals surface area contributed by atoms with Crippen molar-refractivity contribution in [3.8, 4) is 0 Å². The normalized spacial score (nSPS) is 22.9. The van der Waals surface area contributed by atoms with Gasteiger partial charge in [-0.1, -0.05) is 6.07 Å². The molecule has 1 heterocycles. The van der Waals surface area contributed by atoms with Crippen LogP contribution in [0, 0.1) is 12.7 Å². The molecule has 0 aliphatic carbocycles. The van der Waals surface area contributed by atoms with E-state index in [0.717, 1.165) is 6.07 Å². The number of sulfonamides is 1. The molecule has 2 rings (SSSR count). The predicted octanol–water partition coefficient (Wildman–Crippen LogP) is 0.656. The van der Waals surface area contributed by atoms with E-state index in [1.54, 1.807) is 0 Å². The molecule has 110 valence electrons. The van der Waals surface area contributed by atoms with E-state index in [2.05, 4.69) is 4.72 Å². The average Bonchev–Trinajstić information content (AvgIpc) is 2.81. The van der Waals surface area contributed by atoms with E-state index in [1.807, 2.05) is 0 Å². The quantitative estimate of drug-likeness (QED) is 0.852. The van der Waals surface area contributed by atoms with E-state index in [1.165, 1.54) is 19.1 Å². The van der Waals surface area contributed by atoms with Crippen LogP contribution < -0.4 is 4.72 Å². The van der Waals surface area contributed by atoms with Crippen LogP contribution in [0.5, 0.6) is 0 Å². The molecule has 1 aliphatic rings. The number of halogens is 1. The van der Waals surface area contributed by atoms with Crippen LogP contribution in [0.15, 0.2) is 23.1 Å². The van der Waals surface area contributed by atoms with Crippen molar-refractivity contribution < 1.29 is 27.4 Å². The second-order valence-electron chi connectivity index (χ2n) is 4.71. The first kappa shape index (κ1) is 14.9. The number of aryl methyl sites for hydroxylation is 1. The van der Waals surface area contributed by atoms with E-state index in [4.69, 9.17) is 4.74 Å². The van der Waals surface area contributed by atoms with Gasteiger partial charge in [0.2, 0.25) is 10.0 Å². The summed E-state index contributed by atoms with van der Waals surface area (Å²) in [6.45, 7) is 1.40. The standard InChI is InChI=1S/C12H14FNO5S/c1-8-2-3-9(6-10(8)13)20(17,18)14-12(11(15)16)4-5-19-7-12/h2-3,6,14H,4-5,7H2,1H3,(H,15,16). The van der Waals surface area contributed by atoms with Crippen molar-refractivity contribution in [2.75, 3.05) is 13.2 Å². The third-order valence-corrected chi connectivity index (χ3v) is 4.75. The molecule has 20 heavy (non-hydrogen) atoms. The second-order valence-corrected chi connectivity index (χ2v) is 6.39. The largest absolute Gasteiger partial charge is 0.480 e. The molecule has 2 N–H and O–H groups in total. The zero-order valence-corrected chi connectivity index (χ0v) is 11.5. The Kier molecular flexibility index (Phi) is 3.81. The first-order valence-electron chi connectivity index (χ1n) is 5.88. The number of aliphatic carboxylic acids is 1. The summed E-state index contributed by atoms with van der Waals surface area (Å²) in [6, 6.07) is 3.41. The molecule has 0 saturated carbocycles. The lowest BCUT2D eigenvalue weighted by molar-refractivity contribution is -0.144. The summed E-state index contributed by atoms with van der Waals surface area (Å²) in [5, 5.41) is 9.19. The number of benzene rings is 1. The number of rotatable bonds is 4. The molecule has 1 unspecified atom stereocenters. The van der Waals surface area contributed by atoms with Gasteiger partial charge in [0.1, 0.15) is 5.82 Å². The van der Waals surface area contributed by atoms with E-state index < -0.39 is 27.3 Å². The molecule has 0 spiro atoms. The zero-order valence-electron chi connectivity index (χ0n) is 10.7. The Balaban J connectivity index is 2.35. The molecule has 0 amide bonds. The van der Waals surface area contributed by atoms with Crippen LogP contribution in [0.25, 0.3) is 0 Å². The van der Waals surface area contributed by atoms with Crippen molar-refractivity contribution in [3.63, 3.8) is 0 Å². The van der Waals surface area contributed by atoms with Gasteiger partial charge in [-0.2, -0.15) is 4.72 Å². The highest BCUT2D eigenvalue weighted by molar-refractivity contribution is 7.89. The number of hydrogen-bond acceptors (Lipinski definition) is 4. The fourth-order valence-corrected chi connectivity index (χ4v) is 3.30. The molecule has 1 atom stereocenters. The molecule has 0 radical (unpaired) electrons. The van der Waals surface area contributed by atoms with Crippen LogP contribution in [-0.4, -0.2) is 38.2 Å². The van der Waals surface area contributed by atoms with Crippen LogP contribution in [0.3, 0.4) is 0 Å². The Morgan fingerprint density at radius 3 is 2.70 bits per heavy atom. The van der Waals surface area contributed by atoms with Gasteiger partial charge in [0.25, 0.3) is 0 Å². The average molecular weight is 303 g/mol. The molecular weight excluding hydrogens is 289 g/mol. The summed E-state index contributed by atoms with van der Waals surface area (Å²) in [6.07, 6.45) is 0.0237. The van der Waals surface area contributed by atoms with Gasteiger partial charge in [-0.25, -0.2) is 12.8 Å².